The summed E-state index contributed by atoms with van der Waals surface area (Å²) in [7, 11) is 0. The van der Waals surface area contributed by atoms with Crippen LogP contribution in [-0.2, 0) is 16.1 Å². The third kappa shape index (κ3) is 7.07. The third-order valence-corrected chi connectivity index (χ3v) is 4.17. The molecule has 0 bridgehead atoms. The van der Waals surface area contributed by atoms with E-state index in [1.807, 2.05) is 43.5 Å². The van der Waals surface area contributed by atoms with Crippen molar-refractivity contribution in [2.45, 2.75) is 26.9 Å². The molecule has 1 amide bonds. The second-order valence-corrected chi connectivity index (χ2v) is 6.42. The molecule has 0 fully saturated rings. The van der Waals surface area contributed by atoms with Crippen molar-refractivity contribution < 1.29 is 14.3 Å². The lowest BCUT2D eigenvalue weighted by Crippen LogP contribution is -2.23. The van der Waals surface area contributed by atoms with Gasteiger partial charge in [0.05, 0.1) is 10.7 Å². The highest BCUT2D eigenvalue weighted by atomic mass is 32.1. The molecule has 0 saturated heterocycles. The van der Waals surface area contributed by atoms with E-state index in [2.05, 4.69) is 10.3 Å². The number of carbonyl (C=O) groups excluding carboxylic acids is 1. The van der Waals surface area contributed by atoms with E-state index in [1.165, 1.54) is 6.08 Å². The van der Waals surface area contributed by atoms with Crippen LogP contribution in [0.3, 0.4) is 0 Å². The number of benzene rings is 1. The molecule has 2 rings (SSSR count). The van der Waals surface area contributed by atoms with Crippen LogP contribution in [0.15, 0.2) is 35.7 Å². The van der Waals surface area contributed by atoms with E-state index in [0.29, 0.717) is 26.4 Å². The van der Waals surface area contributed by atoms with Crippen molar-refractivity contribution in [3.63, 3.8) is 0 Å². The van der Waals surface area contributed by atoms with E-state index in [0.717, 1.165) is 28.4 Å². The number of thiazole rings is 1. The number of aryl methyl sites for hydroxylation is 1. The van der Waals surface area contributed by atoms with Crippen LogP contribution in [0.1, 0.15) is 29.6 Å². The number of ether oxygens (including phenoxy) is 2. The Balaban J connectivity index is 1.85. The molecule has 1 aromatic carbocycles. The first kappa shape index (κ1) is 19.1. The van der Waals surface area contributed by atoms with E-state index in [-0.39, 0.29) is 5.91 Å². The number of hydrogen-bond donors (Lipinski definition) is 1. The molecule has 2 aromatic rings. The summed E-state index contributed by atoms with van der Waals surface area (Å²) < 4.78 is 11.1. The average molecular weight is 360 g/mol. The summed E-state index contributed by atoms with van der Waals surface area (Å²) in [6, 6.07) is 7.63. The van der Waals surface area contributed by atoms with Crippen molar-refractivity contribution in [3.8, 4) is 5.75 Å². The highest BCUT2D eigenvalue weighted by molar-refractivity contribution is 7.09. The van der Waals surface area contributed by atoms with E-state index in [4.69, 9.17) is 9.47 Å². The highest BCUT2D eigenvalue weighted by Crippen LogP contribution is 2.21. The standard InChI is InChI=1S/C19H24N2O3S/c1-3-23-12-6-11-20-19(22)10-9-16-7-4-5-8-18(16)24-13-17-14-25-15(2)21-17/h4-5,7-10,14H,3,6,11-13H2,1-2H3,(H,20,22)/b10-9+. The van der Waals surface area contributed by atoms with Crippen LogP contribution in [0.25, 0.3) is 6.08 Å². The second kappa shape index (κ2) is 10.6. The van der Waals surface area contributed by atoms with E-state index < -0.39 is 0 Å². The summed E-state index contributed by atoms with van der Waals surface area (Å²) >= 11 is 1.60. The molecule has 1 heterocycles. The van der Waals surface area contributed by atoms with Gasteiger partial charge in [-0.2, -0.15) is 0 Å². The Kier molecular flexibility index (Phi) is 8.15. The van der Waals surface area contributed by atoms with Crippen molar-refractivity contribution >= 4 is 23.3 Å². The number of para-hydroxylation sites is 1. The molecule has 0 unspecified atom stereocenters. The Morgan fingerprint density at radius 2 is 2.20 bits per heavy atom. The average Bonchev–Trinajstić information content (AvgIpc) is 3.04. The van der Waals surface area contributed by atoms with Crippen LogP contribution in [0.2, 0.25) is 0 Å². The van der Waals surface area contributed by atoms with Crippen molar-refractivity contribution in [3.05, 3.63) is 52.0 Å². The van der Waals surface area contributed by atoms with Crippen molar-refractivity contribution in [2.24, 2.45) is 0 Å². The molecule has 6 heteroatoms. The summed E-state index contributed by atoms with van der Waals surface area (Å²) in [5, 5.41) is 5.85. The van der Waals surface area contributed by atoms with E-state index >= 15 is 0 Å². The Hall–Kier alpha value is -2.18. The molecular formula is C19H24N2O3S. The van der Waals surface area contributed by atoms with Gasteiger partial charge in [0.25, 0.3) is 0 Å². The van der Waals surface area contributed by atoms with Crippen molar-refractivity contribution in [2.75, 3.05) is 19.8 Å². The Morgan fingerprint density at radius 1 is 1.36 bits per heavy atom. The van der Waals surface area contributed by atoms with Crippen LogP contribution in [0.5, 0.6) is 5.75 Å². The lowest BCUT2D eigenvalue weighted by atomic mass is 10.2. The molecule has 0 radical (unpaired) electrons. The maximum Gasteiger partial charge on any atom is 0.244 e. The molecule has 0 aliphatic rings. The first-order valence-corrected chi connectivity index (χ1v) is 9.23. The van der Waals surface area contributed by atoms with E-state index in [9.17, 15) is 4.79 Å². The fourth-order valence-corrected chi connectivity index (χ4v) is 2.73. The minimum Gasteiger partial charge on any atom is -0.487 e. The fourth-order valence-electron chi connectivity index (χ4n) is 2.13. The lowest BCUT2D eigenvalue weighted by molar-refractivity contribution is -0.116. The Morgan fingerprint density at radius 3 is 2.96 bits per heavy atom. The minimum absolute atomic E-state index is 0.124. The van der Waals surface area contributed by atoms with Gasteiger partial charge in [-0.15, -0.1) is 11.3 Å². The van der Waals surface area contributed by atoms with Crippen LogP contribution in [0, 0.1) is 6.92 Å². The van der Waals surface area contributed by atoms with Crippen LogP contribution in [0.4, 0.5) is 0 Å². The Bertz CT molecular complexity index is 697. The normalized spacial score (nSPS) is 11.0. The van der Waals surface area contributed by atoms with Crippen LogP contribution < -0.4 is 10.1 Å². The first-order valence-electron chi connectivity index (χ1n) is 8.35. The van der Waals surface area contributed by atoms with Crippen molar-refractivity contribution in [1.29, 1.82) is 0 Å². The number of hydrogen-bond acceptors (Lipinski definition) is 5. The summed E-state index contributed by atoms with van der Waals surface area (Å²) in [5.74, 6) is 0.606. The maximum atomic E-state index is 11.9. The lowest BCUT2D eigenvalue weighted by Gasteiger charge is -2.08. The highest BCUT2D eigenvalue weighted by Gasteiger charge is 2.04. The summed E-state index contributed by atoms with van der Waals surface area (Å²) in [4.78, 5) is 16.2. The van der Waals surface area contributed by atoms with Gasteiger partial charge in [0, 0.05) is 36.8 Å². The van der Waals surface area contributed by atoms with Gasteiger partial charge in [0.15, 0.2) is 0 Å². The number of nitrogens with one attached hydrogen (secondary N) is 1. The fraction of sp³-hybridized carbons (Fsp3) is 0.368. The summed E-state index contributed by atoms with van der Waals surface area (Å²) in [6.45, 7) is 6.30. The van der Waals surface area contributed by atoms with Gasteiger partial charge in [0.1, 0.15) is 12.4 Å². The van der Waals surface area contributed by atoms with Gasteiger partial charge >= 0.3 is 0 Å². The van der Waals surface area contributed by atoms with Crippen molar-refractivity contribution in [1.82, 2.24) is 10.3 Å². The molecule has 134 valence electrons. The number of nitrogens with zero attached hydrogens (tertiary/aromatic N) is 1. The predicted molar refractivity (Wildman–Crippen MR) is 101 cm³/mol. The SMILES string of the molecule is CCOCCCNC(=O)/C=C/c1ccccc1OCc1csc(C)n1. The molecule has 5 nitrogen and oxygen atoms in total. The molecule has 0 atom stereocenters. The molecule has 0 aliphatic heterocycles. The molecule has 25 heavy (non-hydrogen) atoms. The zero-order chi connectivity index (χ0) is 17.9. The Labute approximate surface area is 152 Å². The molecular weight excluding hydrogens is 336 g/mol. The molecule has 0 spiro atoms. The summed E-state index contributed by atoms with van der Waals surface area (Å²) in [5.41, 5.74) is 1.77. The number of amides is 1. The molecule has 0 saturated carbocycles. The summed E-state index contributed by atoms with van der Waals surface area (Å²) in [6.07, 6.45) is 4.09. The maximum absolute atomic E-state index is 11.9. The molecule has 1 N–H and O–H groups in total. The predicted octanol–water partition coefficient (Wildman–Crippen LogP) is 3.59. The minimum atomic E-state index is -0.124. The zero-order valence-corrected chi connectivity index (χ0v) is 15.5. The number of carbonyl (C=O) groups is 1. The van der Waals surface area contributed by atoms with Gasteiger partial charge in [-0.3, -0.25) is 4.79 Å². The zero-order valence-electron chi connectivity index (χ0n) is 14.7. The monoisotopic (exact) mass is 360 g/mol. The molecule has 1 aromatic heterocycles. The second-order valence-electron chi connectivity index (χ2n) is 5.36. The number of aromatic nitrogens is 1. The largest absolute Gasteiger partial charge is 0.487 e. The van der Waals surface area contributed by atoms with Gasteiger partial charge in [-0.25, -0.2) is 4.98 Å². The number of rotatable bonds is 10. The third-order valence-electron chi connectivity index (χ3n) is 3.34. The van der Waals surface area contributed by atoms with E-state index in [1.54, 1.807) is 17.4 Å². The van der Waals surface area contributed by atoms with Gasteiger partial charge < -0.3 is 14.8 Å². The molecule has 0 aliphatic carbocycles. The van der Waals surface area contributed by atoms with Gasteiger partial charge in [-0.1, -0.05) is 18.2 Å². The smallest absolute Gasteiger partial charge is 0.244 e. The van der Waals surface area contributed by atoms with Gasteiger partial charge in [-0.05, 0) is 32.4 Å². The quantitative estimate of drug-likeness (QED) is 0.520. The topological polar surface area (TPSA) is 60.5 Å². The first-order chi connectivity index (χ1) is 12.2. The van der Waals surface area contributed by atoms with Gasteiger partial charge in [0.2, 0.25) is 5.91 Å². The van der Waals surface area contributed by atoms with Crippen LogP contribution >= 0.6 is 11.3 Å². The van der Waals surface area contributed by atoms with Crippen LogP contribution in [-0.4, -0.2) is 30.6 Å².